The second-order valence-electron chi connectivity index (χ2n) is 5.99. The minimum atomic E-state index is 0.490. The summed E-state index contributed by atoms with van der Waals surface area (Å²) in [5, 5.41) is 9.90. The van der Waals surface area contributed by atoms with Crippen LogP contribution in [0.1, 0.15) is 49.3 Å². The fraction of sp³-hybridized carbons (Fsp3) is 0.625. The second kappa shape index (κ2) is 4.93. The second-order valence-corrected chi connectivity index (χ2v) is 5.99. The molecule has 18 heavy (non-hydrogen) atoms. The van der Waals surface area contributed by atoms with Crippen molar-refractivity contribution in [2.45, 2.75) is 44.6 Å². The van der Waals surface area contributed by atoms with Crippen molar-refractivity contribution in [2.75, 3.05) is 13.6 Å². The first-order valence-corrected chi connectivity index (χ1v) is 7.26. The largest absolute Gasteiger partial charge is 0.508 e. The summed E-state index contributed by atoms with van der Waals surface area (Å²) < 4.78 is 0. The van der Waals surface area contributed by atoms with Crippen LogP contribution in [0.15, 0.2) is 18.2 Å². The van der Waals surface area contributed by atoms with E-state index in [-0.39, 0.29) is 0 Å². The SMILES string of the molecule is CN(CC1CCCC1)C1CCc2c(O)cccc21. The maximum absolute atomic E-state index is 9.90. The Balaban J connectivity index is 1.73. The van der Waals surface area contributed by atoms with Crippen molar-refractivity contribution in [2.24, 2.45) is 5.92 Å². The van der Waals surface area contributed by atoms with Crippen molar-refractivity contribution in [1.82, 2.24) is 4.90 Å². The molecule has 2 aliphatic rings. The van der Waals surface area contributed by atoms with Crippen LogP contribution in [-0.2, 0) is 6.42 Å². The highest BCUT2D eigenvalue weighted by Gasteiger charge is 2.29. The molecule has 0 spiro atoms. The molecule has 1 aromatic rings. The van der Waals surface area contributed by atoms with E-state index in [9.17, 15) is 5.11 Å². The Morgan fingerprint density at radius 3 is 2.78 bits per heavy atom. The molecule has 2 heteroatoms. The monoisotopic (exact) mass is 245 g/mol. The summed E-state index contributed by atoms with van der Waals surface area (Å²) in [5.74, 6) is 1.39. The van der Waals surface area contributed by atoms with E-state index in [2.05, 4.69) is 18.0 Å². The summed E-state index contributed by atoms with van der Waals surface area (Å²) in [5.41, 5.74) is 2.54. The number of benzene rings is 1. The number of hydrogen-bond donors (Lipinski definition) is 1. The van der Waals surface area contributed by atoms with Crippen LogP contribution in [0.2, 0.25) is 0 Å². The zero-order valence-electron chi connectivity index (χ0n) is 11.2. The van der Waals surface area contributed by atoms with Gasteiger partial charge in [-0.2, -0.15) is 0 Å². The first kappa shape index (κ1) is 12.0. The quantitative estimate of drug-likeness (QED) is 0.881. The standard InChI is InChI=1S/C16H23NO/c1-17(11-12-5-2-3-6-12)15-10-9-14-13(15)7-4-8-16(14)18/h4,7-8,12,15,18H,2-3,5-6,9-11H2,1H3. The minimum absolute atomic E-state index is 0.490. The number of hydrogen-bond acceptors (Lipinski definition) is 2. The van der Waals surface area contributed by atoms with Crippen molar-refractivity contribution < 1.29 is 5.11 Å². The predicted octanol–water partition coefficient (Wildman–Crippen LogP) is 3.50. The fourth-order valence-electron chi connectivity index (χ4n) is 3.80. The van der Waals surface area contributed by atoms with Gasteiger partial charge in [0, 0.05) is 12.6 Å². The molecule has 0 radical (unpaired) electrons. The summed E-state index contributed by atoms with van der Waals surface area (Å²) in [6.07, 6.45) is 7.84. The third kappa shape index (κ3) is 2.14. The maximum atomic E-state index is 9.90. The van der Waals surface area contributed by atoms with Crippen molar-refractivity contribution in [3.63, 3.8) is 0 Å². The summed E-state index contributed by atoms with van der Waals surface area (Å²) in [6, 6.07) is 6.51. The molecule has 1 saturated carbocycles. The van der Waals surface area contributed by atoms with Gasteiger partial charge in [0.05, 0.1) is 0 Å². The first-order chi connectivity index (χ1) is 8.75. The smallest absolute Gasteiger partial charge is 0.119 e. The van der Waals surface area contributed by atoms with E-state index in [0.29, 0.717) is 11.8 Å². The average molecular weight is 245 g/mol. The van der Waals surface area contributed by atoms with Gasteiger partial charge < -0.3 is 5.11 Å². The van der Waals surface area contributed by atoms with Crippen LogP contribution in [0.3, 0.4) is 0 Å². The van der Waals surface area contributed by atoms with Gasteiger partial charge in [-0.25, -0.2) is 0 Å². The Morgan fingerprint density at radius 2 is 2.00 bits per heavy atom. The Kier molecular flexibility index (Phi) is 3.29. The molecule has 2 aliphatic carbocycles. The minimum Gasteiger partial charge on any atom is -0.508 e. The topological polar surface area (TPSA) is 23.5 Å². The summed E-state index contributed by atoms with van der Waals surface area (Å²) in [7, 11) is 2.25. The van der Waals surface area contributed by atoms with Gasteiger partial charge in [0.1, 0.15) is 5.75 Å². The van der Waals surface area contributed by atoms with Gasteiger partial charge in [-0.15, -0.1) is 0 Å². The molecule has 1 N–H and O–H groups in total. The van der Waals surface area contributed by atoms with Gasteiger partial charge >= 0.3 is 0 Å². The zero-order chi connectivity index (χ0) is 12.5. The van der Waals surface area contributed by atoms with Crippen LogP contribution < -0.4 is 0 Å². The number of rotatable bonds is 3. The van der Waals surface area contributed by atoms with Crippen LogP contribution in [0.25, 0.3) is 0 Å². The van der Waals surface area contributed by atoms with Crippen molar-refractivity contribution >= 4 is 0 Å². The number of nitrogens with zero attached hydrogens (tertiary/aromatic N) is 1. The van der Waals surface area contributed by atoms with Crippen LogP contribution in [-0.4, -0.2) is 23.6 Å². The molecule has 3 rings (SSSR count). The van der Waals surface area contributed by atoms with Crippen LogP contribution in [0.4, 0.5) is 0 Å². The van der Waals surface area contributed by atoms with Crippen LogP contribution in [0, 0.1) is 5.92 Å². The molecule has 0 aliphatic heterocycles. The lowest BCUT2D eigenvalue weighted by molar-refractivity contribution is 0.208. The van der Waals surface area contributed by atoms with E-state index in [1.807, 2.05) is 12.1 Å². The average Bonchev–Trinajstić information content (AvgIpc) is 2.98. The fourth-order valence-corrected chi connectivity index (χ4v) is 3.80. The molecule has 0 heterocycles. The van der Waals surface area contributed by atoms with Gasteiger partial charge in [-0.1, -0.05) is 25.0 Å². The molecule has 2 nitrogen and oxygen atoms in total. The van der Waals surface area contributed by atoms with Crippen molar-refractivity contribution in [3.05, 3.63) is 29.3 Å². The Morgan fingerprint density at radius 1 is 1.22 bits per heavy atom. The lowest BCUT2D eigenvalue weighted by Crippen LogP contribution is -2.28. The van der Waals surface area contributed by atoms with E-state index in [1.165, 1.54) is 43.4 Å². The molecular weight excluding hydrogens is 222 g/mol. The molecule has 0 aromatic heterocycles. The highest BCUT2D eigenvalue weighted by atomic mass is 16.3. The number of phenols is 1. The van der Waals surface area contributed by atoms with E-state index < -0.39 is 0 Å². The Labute approximate surface area is 110 Å². The first-order valence-electron chi connectivity index (χ1n) is 7.26. The molecule has 1 unspecified atom stereocenters. The van der Waals surface area contributed by atoms with Gasteiger partial charge in [0.2, 0.25) is 0 Å². The maximum Gasteiger partial charge on any atom is 0.119 e. The third-order valence-electron chi connectivity index (χ3n) is 4.77. The molecule has 1 atom stereocenters. The summed E-state index contributed by atoms with van der Waals surface area (Å²) in [4.78, 5) is 2.52. The van der Waals surface area contributed by atoms with E-state index >= 15 is 0 Å². The lowest BCUT2D eigenvalue weighted by Gasteiger charge is -2.28. The van der Waals surface area contributed by atoms with Crippen molar-refractivity contribution in [1.29, 1.82) is 0 Å². The zero-order valence-corrected chi connectivity index (χ0v) is 11.2. The molecule has 98 valence electrons. The number of fused-ring (bicyclic) bond motifs is 1. The highest BCUT2D eigenvalue weighted by Crippen LogP contribution is 2.40. The molecule has 1 fully saturated rings. The molecule has 0 bridgehead atoms. The number of aromatic hydroxyl groups is 1. The summed E-state index contributed by atoms with van der Waals surface area (Å²) in [6.45, 7) is 1.22. The van der Waals surface area contributed by atoms with Gasteiger partial charge in [0.25, 0.3) is 0 Å². The van der Waals surface area contributed by atoms with E-state index in [0.717, 1.165) is 18.8 Å². The van der Waals surface area contributed by atoms with Gasteiger partial charge in [0.15, 0.2) is 0 Å². The van der Waals surface area contributed by atoms with Crippen molar-refractivity contribution in [3.8, 4) is 5.75 Å². The van der Waals surface area contributed by atoms with Crippen LogP contribution >= 0.6 is 0 Å². The lowest BCUT2D eigenvalue weighted by atomic mass is 10.0. The highest BCUT2D eigenvalue weighted by molar-refractivity contribution is 5.44. The molecular formula is C16H23NO. The molecule has 0 saturated heterocycles. The summed E-state index contributed by atoms with van der Waals surface area (Å²) >= 11 is 0. The van der Waals surface area contributed by atoms with Crippen LogP contribution in [0.5, 0.6) is 5.75 Å². The molecule has 1 aromatic carbocycles. The third-order valence-corrected chi connectivity index (χ3v) is 4.77. The van der Waals surface area contributed by atoms with E-state index in [4.69, 9.17) is 0 Å². The Hall–Kier alpha value is -1.02. The Bertz CT molecular complexity index is 423. The molecule has 0 amide bonds. The van der Waals surface area contributed by atoms with Gasteiger partial charge in [-0.05, 0) is 55.8 Å². The number of phenolic OH excluding ortho intramolecular Hbond substituents is 1. The van der Waals surface area contributed by atoms with Gasteiger partial charge in [-0.3, -0.25) is 4.90 Å². The normalized spacial score (nSPS) is 23.8. The van der Waals surface area contributed by atoms with E-state index in [1.54, 1.807) is 0 Å². The predicted molar refractivity (Wildman–Crippen MR) is 73.8 cm³/mol.